The Morgan fingerprint density at radius 1 is 1.11 bits per heavy atom. The Morgan fingerprint density at radius 2 is 1.89 bits per heavy atom. The van der Waals surface area contributed by atoms with Gasteiger partial charge in [-0.25, -0.2) is 4.39 Å². The van der Waals surface area contributed by atoms with Crippen molar-refractivity contribution in [2.24, 2.45) is 0 Å². The minimum Gasteiger partial charge on any atom is -0.497 e. The highest BCUT2D eigenvalue weighted by atomic mass is 19.1. The Kier molecular flexibility index (Phi) is 3.42. The van der Waals surface area contributed by atoms with Crippen LogP contribution in [-0.4, -0.2) is 13.4 Å². The van der Waals surface area contributed by atoms with Crippen molar-refractivity contribution in [3.8, 4) is 16.9 Å². The zero-order valence-corrected chi connectivity index (χ0v) is 10.2. The van der Waals surface area contributed by atoms with Crippen molar-refractivity contribution in [2.75, 3.05) is 7.11 Å². The van der Waals surface area contributed by atoms with Crippen molar-refractivity contribution in [3.05, 3.63) is 53.3 Å². The van der Waals surface area contributed by atoms with Crippen LogP contribution < -0.4 is 4.74 Å². The van der Waals surface area contributed by atoms with E-state index in [1.807, 2.05) is 19.1 Å². The molecular weight excluding hydrogens is 231 g/mol. The molecule has 0 aliphatic rings. The van der Waals surface area contributed by atoms with E-state index in [0.717, 1.165) is 23.2 Å². The van der Waals surface area contributed by atoms with Crippen LogP contribution in [0.3, 0.4) is 0 Å². The first kappa shape index (κ1) is 12.3. The highest BCUT2D eigenvalue weighted by Gasteiger charge is 2.09. The quantitative estimate of drug-likeness (QED) is 0.771. The molecule has 0 fully saturated rings. The summed E-state index contributed by atoms with van der Waals surface area (Å²) in [5.41, 5.74) is 2.84. The van der Waals surface area contributed by atoms with Crippen LogP contribution in [0.2, 0.25) is 0 Å². The summed E-state index contributed by atoms with van der Waals surface area (Å²) in [4.78, 5) is 11.0. The van der Waals surface area contributed by atoms with Gasteiger partial charge in [-0.15, -0.1) is 0 Å². The van der Waals surface area contributed by atoms with Gasteiger partial charge in [0.2, 0.25) is 0 Å². The van der Waals surface area contributed by atoms with Crippen molar-refractivity contribution in [1.82, 2.24) is 0 Å². The standard InChI is InChI=1S/C15H13FO2/c1-10-7-13(18-2)5-6-14(10)15-8-12(16)4-3-11(15)9-17/h3-9H,1-2H3. The molecule has 0 bridgehead atoms. The van der Waals surface area contributed by atoms with Gasteiger partial charge in [0.1, 0.15) is 11.6 Å². The Hall–Kier alpha value is -2.16. The van der Waals surface area contributed by atoms with Gasteiger partial charge in [-0.1, -0.05) is 6.07 Å². The fourth-order valence-corrected chi connectivity index (χ4v) is 1.93. The van der Waals surface area contributed by atoms with Crippen LogP contribution in [0.5, 0.6) is 5.75 Å². The van der Waals surface area contributed by atoms with Gasteiger partial charge in [-0.2, -0.15) is 0 Å². The van der Waals surface area contributed by atoms with E-state index in [-0.39, 0.29) is 5.82 Å². The summed E-state index contributed by atoms with van der Waals surface area (Å²) < 4.78 is 18.4. The second-order valence-corrected chi connectivity index (χ2v) is 4.03. The fourth-order valence-electron chi connectivity index (χ4n) is 1.93. The number of ether oxygens (including phenoxy) is 1. The lowest BCUT2D eigenvalue weighted by Crippen LogP contribution is -1.92. The zero-order valence-electron chi connectivity index (χ0n) is 10.2. The Bertz CT molecular complexity index is 591. The van der Waals surface area contributed by atoms with Gasteiger partial charge in [0.25, 0.3) is 0 Å². The lowest BCUT2D eigenvalue weighted by Gasteiger charge is -2.10. The van der Waals surface area contributed by atoms with Crippen LogP contribution in [-0.2, 0) is 0 Å². The van der Waals surface area contributed by atoms with Gasteiger partial charge in [-0.3, -0.25) is 4.79 Å². The molecule has 0 saturated heterocycles. The SMILES string of the molecule is COc1ccc(-c2cc(F)ccc2C=O)c(C)c1. The van der Waals surface area contributed by atoms with Crippen LogP contribution in [0.4, 0.5) is 4.39 Å². The van der Waals surface area contributed by atoms with Crippen molar-refractivity contribution < 1.29 is 13.9 Å². The molecule has 2 nitrogen and oxygen atoms in total. The van der Waals surface area contributed by atoms with Crippen LogP contribution in [0, 0.1) is 12.7 Å². The highest BCUT2D eigenvalue weighted by Crippen LogP contribution is 2.29. The maximum absolute atomic E-state index is 13.3. The molecule has 0 aliphatic carbocycles. The molecule has 0 aliphatic heterocycles. The molecule has 3 heteroatoms. The molecule has 0 unspecified atom stereocenters. The maximum Gasteiger partial charge on any atom is 0.150 e. The Labute approximate surface area is 105 Å². The van der Waals surface area contributed by atoms with E-state index < -0.39 is 0 Å². The predicted octanol–water partition coefficient (Wildman–Crippen LogP) is 3.62. The fraction of sp³-hybridized carbons (Fsp3) is 0.133. The lowest BCUT2D eigenvalue weighted by atomic mass is 9.96. The topological polar surface area (TPSA) is 26.3 Å². The average Bonchev–Trinajstić information content (AvgIpc) is 2.38. The molecule has 0 heterocycles. The summed E-state index contributed by atoms with van der Waals surface area (Å²) in [5, 5.41) is 0. The minimum atomic E-state index is -0.356. The number of carbonyl (C=O) groups excluding carboxylic acids is 1. The molecular formula is C15H13FO2. The molecule has 0 aromatic heterocycles. The summed E-state index contributed by atoms with van der Waals surface area (Å²) in [5.74, 6) is 0.381. The van der Waals surface area contributed by atoms with Crippen LogP contribution >= 0.6 is 0 Å². The molecule has 0 radical (unpaired) electrons. The van der Waals surface area contributed by atoms with Crippen LogP contribution in [0.15, 0.2) is 36.4 Å². The number of aryl methyl sites for hydroxylation is 1. The number of benzene rings is 2. The smallest absolute Gasteiger partial charge is 0.150 e. The lowest BCUT2D eigenvalue weighted by molar-refractivity contribution is 0.112. The molecule has 0 saturated carbocycles. The minimum absolute atomic E-state index is 0.356. The highest BCUT2D eigenvalue weighted by molar-refractivity contribution is 5.88. The normalized spacial score (nSPS) is 10.2. The Balaban J connectivity index is 2.61. The number of carbonyl (C=O) groups is 1. The van der Waals surface area contributed by atoms with E-state index in [1.54, 1.807) is 13.2 Å². The van der Waals surface area contributed by atoms with E-state index in [2.05, 4.69) is 0 Å². The first-order chi connectivity index (χ1) is 8.65. The number of aldehydes is 1. The molecule has 2 rings (SSSR count). The number of hydrogen-bond acceptors (Lipinski definition) is 2. The summed E-state index contributed by atoms with van der Waals surface area (Å²) in [7, 11) is 1.59. The molecule has 0 spiro atoms. The third-order valence-electron chi connectivity index (χ3n) is 2.87. The molecule has 2 aromatic rings. The first-order valence-corrected chi connectivity index (χ1v) is 5.55. The summed E-state index contributed by atoms with van der Waals surface area (Å²) in [6.45, 7) is 1.90. The Morgan fingerprint density at radius 3 is 2.50 bits per heavy atom. The second kappa shape index (κ2) is 5.00. The van der Waals surface area contributed by atoms with Crippen LogP contribution in [0.1, 0.15) is 15.9 Å². The summed E-state index contributed by atoms with van der Waals surface area (Å²) in [6, 6.07) is 9.62. The predicted molar refractivity (Wildman–Crippen MR) is 68.5 cm³/mol. The van der Waals surface area contributed by atoms with Crippen molar-refractivity contribution in [2.45, 2.75) is 6.92 Å². The second-order valence-electron chi connectivity index (χ2n) is 4.03. The van der Waals surface area contributed by atoms with E-state index in [1.165, 1.54) is 18.2 Å². The summed E-state index contributed by atoms with van der Waals surface area (Å²) >= 11 is 0. The number of halogens is 1. The van der Waals surface area contributed by atoms with Gasteiger partial charge >= 0.3 is 0 Å². The van der Waals surface area contributed by atoms with Crippen molar-refractivity contribution in [3.63, 3.8) is 0 Å². The van der Waals surface area contributed by atoms with Gasteiger partial charge < -0.3 is 4.74 Å². The van der Waals surface area contributed by atoms with Gasteiger partial charge in [0.05, 0.1) is 7.11 Å². The molecule has 0 N–H and O–H groups in total. The van der Waals surface area contributed by atoms with Gasteiger partial charge in [-0.05, 0) is 53.9 Å². The van der Waals surface area contributed by atoms with E-state index in [4.69, 9.17) is 4.74 Å². The number of hydrogen-bond donors (Lipinski definition) is 0. The van der Waals surface area contributed by atoms with E-state index in [9.17, 15) is 9.18 Å². The molecule has 92 valence electrons. The van der Waals surface area contributed by atoms with E-state index in [0.29, 0.717) is 11.1 Å². The van der Waals surface area contributed by atoms with Crippen molar-refractivity contribution in [1.29, 1.82) is 0 Å². The zero-order chi connectivity index (χ0) is 13.1. The third-order valence-corrected chi connectivity index (χ3v) is 2.87. The molecule has 0 amide bonds. The number of rotatable bonds is 3. The largest absolute Gasteiger partial charge is 0.497 e. The van der Waals surface area contributed by atoms with Gasteiger partial charge in [0.15, 0.2) is 6.29 Å². The third kappa shape index (κ3) is 2.25. The van der Waals surface area contributed by atoms with Gasteiger partial charge in [0, 0.05) is 5.56 Å². The monoisotopic (exact) mass is 244 g/mol. The van der Waals surface area contributed by atoms with E-state index >= 15 is 0 Å². The molecule has 0 atom stereocenters. The number of methoxy groups -OCH3 is 1. The van der Waals surface area contributed by atoms with Crippen LogP contribution in [0.25, 0.3) is 11.1 Å². The maximum atomic E-state index is 13.3. The average molecular weight is 244 g/mol. The summed E-state index contributed by atoms with van der Waals surface area (Å²) in [6.07, 6.45) is 0.735. The molecule has 2 aromatic carbocycles. The molecule has 18 heavy (non-hydrogen) atoms. The van der Waals surface area contributed by atoms with Crippen molar-refractivity contribution >= 4 is 6.29 Å². The first-order valence-electron chi connectivity index (χ1n) is 5.55.